The van der Waals surface area contributed by atoms with E-state index in [1.54, 1.807) is 12.1 Å². The second-order valence-corrected chi connectivity index (χ2v) is 7.33. The van der Waals surface area contributed by atoms with E-state index in [9.17, 15) is 23.1 Å². The number of aliphatic hydroxyl groups excluding tert-OH is 2. The highest BCUT2D eigenvalue weighted by molar-refractivity contribution is 6.11. The summed E-state index contributed by atoms with van der Waals surface area (Å²) in [4.78, 5) is 23.8. The second kappa shape index (κ2) is 9.89. The summed E-state index contributed by atoms with van der Waals surface area (Å²) in [6.07, 6.45) is -1.11. The number of carbonyl (C=O) groups is 1. The lowest BCUT2D eigenvalue weighted by Gasteiger charge is -2.13. The molecule has 0 unspecified atom stereocenters. The summed E-state index contributed by atoms with van der Waals surface area (Å²) in [5.74, 6) is -1.28. The highest BCUT2D eigenvalue weighted by atomic mass is 19.3. The van der Waals surface area contributed by atoms with Crippen LogP contribution in [-0.2, 0) is 0 Å². The number of nitrogens with one attached hydrogen (secondary N) is 2. The topological polar surface area (TPSA) is 120 Å². The van der Waals surface area contributed by atoms with Crippen LogP contribution in [0.2, 0.25) is 0 Å². The monoisotopic (exact) mass is 472 g/mol. The maximum absolute atomic E-state index is 14.2. The van der Waals surface area contributed by atoms with Crippen LogP contribution in [0.15, 0.2) is 54.9 Å². The van der Waals surface area contributed by atoms with Gasteiger partial charge in [0.05, 0.1) is 29.6 Å². The molecule has 0 saturated carbocycles. The van der Waals surface area contributed by atoms with E-state index in [0.717, 1.165) is 18.2 Å². The molecule has 8 nitrogen and oxygen atoms in total. The minimum absolute atomic E-state index is 0.00766. The molecule has 4 rings (SSSR count). The number of hydrogen-bond donors (Lipinski definition) is 4. The highest BCUT2D eigenvalue weighted by Crippen LogP contribution is 2.34. The lowest BCUT2D eigenvalue weighted by Crippen LogP contribution is -2.21. The quantitative estimate of drug-likeness (QED) is 0.311. The average Bonchev–Trinajstić information content (AvgIpc) is 3.26. The molecule has 0 bridgehead atoms. The van der Waals surface area contributed by atoms with Gasteiger partial charge in [0.25, 0.3) is 12.3 Å². The molecule has 1 amide bonds. The number of anilines is 1. The molecule has 0 radical (unpaired) electrons. The molecule has 176 valence electrons. The number of alkyl halides is 2. The van der Waals surface area contributed by atoms with E-state index in [4.69, 9.17) is 9.84 Å². The summed E-state index contributed by atoms with van der Waals surface area (Å²) in [5.41, 5.74) is 0.167. The zero-order chi connectivity index (χ0) is 24.2. The van der Waals surface area contributed by atoms with Crippen LogP contribution in [0.1, 0.15) is 22.3 Å². The van der Waals surface area contributed by atoms with Crippen LogP contribution >= 0.6 is 0 Å². The molecule has 0 aliphatic heterocycles. The molecule has 4 aromatic rings. The van der Waals surface area contributed by atoms with Crippen molar-refractivity contribution < 1.29 is 32.9 Å². The third kappa shape index (κ3) is 5.00. The third-order valence-electron chi connectivity index (χ3n) is 4.88. The van der Waals surface area contributed by atoms with Crippen LogP contribution < -0.4 is 10.1 Å². The number of H-pyrrole nitrogens is 1. The number of pyridine rings is 1. The number of hydrogen-bond acceptors (Lipinski definition) is 6. The Bertz CT molecular complexity index is 1310. The predicted octanol–water partition coefficient (Wildman–Crippen LogP) is 3.69. The fraction of sp³-hybridized carbons (Fsp3) is 0.174. The summed E-state index contributed by atoms with van der Waals surface area (Å²) in [7, 11) is 0. The predicted molar refractivity (Wildman–Crippen MR) is 117 cm³/mol. The van der Waals surface area contributed by atoms with E-state index in [-0.39, 0.29) is 40.3 Å². The standard InChI is InChI=1S/C23H19F3N4O4/c24-12-6-18(23(33)28-13-2-1-5-27-9-13)20-19(7-12)29-22(30-20)16-4-3-15(8-17(16)21(25)26)34-11-14(32)10-31/h1-9,14,21,31-32H,10-11H2,(H,28,33)(H,29,30)/t14-/m1/s1. The fourth-order valence-electron chi connectivity index (χ4n) is 3.29. The van der Waals surface area contributed by atoms with E-state index in [1.807, 2.05) is 0 Å². The number of aromatic amines is 1. The first-order valence-electron chi connectivity index (χ1n) is 10.1. The molecule has 4 N–H and O–H groups in total. The Morgan fingerprint density at radius 2 is 2.03 bits per heavy atom. The van der Waals surface area contributed by atoms with Crippen molar-refractivity contribution in [2.24, 2.45) is 0 Å². The Morgan fingerprint density at radius 1 is 1.21 bits per heavy atom. The van der Waals surface area contributed by atoms with Crippen LogP contribution in [0.3, 0.4) is 0 Å². The van der Waals surface area contributed by atoms with Gasteiger partial charge in [-0.15, -0.1) is 0 Å². The van der Waals surface area contributed by atoms with Crippen molar-refractivity contribution in [2.45, 2.75) is 12.5 Å². The number of halogens is 3. The number of ether oxygens (including phenoxy) is 1. The molecule has 11 heteroatoms. The average molecular weight is 472 g/mol. The molecule has 1 atom stereocenters. The minimum Gasteiger partial charge on any atom is -0.491 e. The summed E-state index contributed by atoms with van der Waals surface area (Å²) >= 11 is 0. The van der Waals surface area contributed by atoms with Crippen molar-refractivity contribution >= 4 is 22.6 Å². The number of nitrogens with zero attached hydrogens (tertiary/aromatic N) is 2. The SMILES string of the molecule is O=C(Nc1cccnc1)c1cc(F)cc2[nH]c(-c3ccc(OC[C@H](O)CO)cc3C(F)F)nc12. The molecular weight excluding hydrogens is 453 g/mol. The highest BCUT2D eigenvalue weighted by Gasteiger charge is 2.21. The van der Waals surface area contributed by atoms with Gasteiger partial charge in [0, 0.05) is 17.3 Å². The molecule has 0 spiro atoms. The molecule has 2 aromatic carbocycles. The number of carbonyl (C=O) groups excluding carboxylic acids is 1. The van der Waals surface area contributed by atoms with Gasteiger partial charge in [0.2, 0.25) is 0 Å². The van der Waals surface area contributed by atoms with Crippen LogP contribution in [-0.4, -0.2) is 50.4 Å². The van der Waals surface area contributed by atoms with Crippen LogP contribution in [0.5, 0.6) is 5.75 Å². The number of fused-ring (bicyclic) bond motifs is 1. The maximum atomic E-state index is 14.2. The lowest BCUT2D eigenvalue weighted by atomic mass is 10.1. The van der Waals surface area contributed by atoms with Gasteiger partial charge < -0.3 is 25.3 Å². The number of aromatic nitrogens is 3. The molecular formula is C23H19F3N4O4. The Morgan fingerprint density at radius 3 is 2.74 bits per heavy atom. The van der Waals surface area contributed by atoms with Gasteiger partial charge in [-0.05, 0) is 42.5 Å². The minimum atomic E-state index is -2.90. The lowest BCUT2D eigenvalue weighted by molar-refractivity contribution is 0.0534. The van der Waals surface area contributed by atoms with Gasteiger partial charge >= 0.3 is 0 Å². The van der Waals surface area contributed by atoms with E-state index in [2.05, 4.69) is 20.3 Å². The molecule has 2 heterocycles. The van der Waals surface area contributed by atoms with E-state index < -0.39 is 36.4 Å². The first kappa shape index (κ1) is 23.2. The van der Waals surface area contributed by atoms with Gasteiger partial charge in [-0.2, -0.15) is 0 Å². The van der Waals surface area contributed by atoms with Crippen LogP contribution in [0.25, 0.3) is 22.4 Å². The summed E-state index contributed by atoms with van der Waals surface area (Å²) < 4.78 is 47.1. The normalized spacial score (nSPS) is 12.2. The Balaban J connectivity index is 1.71. The van der Waals surface area contributed by atoms with E-state index in [1.165, 1.54) is 24.5 Å². The van der Waals surface area contributed by atoms with E-state index in [0.29, 0.717) is 5.69 Å². The summed E-state index contributed by atoms with van der Waals surface area (Å²) in [6, 6.07) is 9.18. The van der Waals surface area contributed by atoms with Gasteiger partial charge in [0.15, 0.2) is 0 Å². The molecule has 2 aromatic heterocycles. The zero-order valence-corrected chi connectivity index (χ0v) is 17.5. The van der Waals surface area contributed by atoms with Gasteiger partial charge in [-0.3, -0.25) is 9.78 Å². The molecule has 0 fully saturated rings. The van der Waals surface area contributed by atoms with Crippen molar-refractivity contribution in [1.82, 2.24) is 15.0 Å². The first-order valence-corrected chi connectivity index (χ1v) is 10.1. The Kier molecular flexibility index (Phi) is 6.75. The third-order valence-corrected chi connectivity index (χ3v) is 4.88. The molecule has 0 aliphatic rings. The van der Waals surface area contributed by atoms with Crippen LogP contribution in [0, 0.1) is 5.82 Å². The second-order valence-electron chi connectivity index (χ2n) is 7.33. The van der Waals surface area contributed by atoms with Crippen molar-refractivity contribution in [3.8, 4) is 17.1 Å². The van der Waals surface area contributed by atoms with Crippen molar-refractivity contribution in [3.63, 3.8) is 0 Å². The zero-order valence-electron chi connectivity index (χ0n) is 17.5. The van der Waals surface area contributed by atoms with Gasteiger partial charge in [0.1, 0.15) is 35.6 Å². The van der Waals surface area contributed by atoms with Gasteiger partial charge in [-0.25, -0.2) is 18.2 Å². The Labute approximate surface area is 191 Å². The Hall–Kier alpha value is -3.96. The number of aliphatic hydroxyl groups is 2. The molecule has 0 aliphatic carbocycles. The maximum Gasteiger partial charge on any atom is 0.264 e. The van der Waals surface area contributed by atoms with Crippen molar-refractivity contribution in [2.75, 3.05) is 18.5 Å². The number of benzene rings is 2. The first-order chi connectivity index (χ1) is 16.4. The smallest absolute Gasteiger partial charge is 0.264 e. The number of imidazole rings is 1. The van der Waals surface area contributed by atoms with E-state index >= 15 is 0 Å². The summed E-state index contributed by atoms with van der Waals surface area (Å²) in [5, 5.41) is 20.8. The largest absolute Gasteiger partial charge is 0.491 e. The van der Waals surface area contributed by atoms with Gasteiger partial charge in [-0.1, -0.05) is 0 Å². The number of rotatable bonds is 8. The van der Waals surface area contributed by atoms with Crippen molar-refractivity contribution in [3.05, 3.63) is 71.8 Å². The molecule has 34 heavy (non-hydrogen) atoms. The van der Waals surface area contributed by atoms with Crippen LogP contribution in [0.4, 0.5) is 18.9 Å². The summed E-state index contributed by atoms with van der Waals surface area (Å²) in [6.45, 7) is -0.816. The number of amides is 1. The molecule has 0 saturated heterocycles. The van der Waals surface area contributed by atoms with Crippen molar-refractivity contribution in [1.29, 1.82) is 0 Å². The fourth-order valence-corrected chi connectivity index (χ4v) is 3.29.